The number of nitrogens with two attached hydrogens (primary N) is 1. The largest absolute Gasteiger partial charge is 0.396 e. The first-order chi connectivity index (χ1) is 8.00. The minimum atomic E-state index is -0.200. The molecule has 6 heteroatoms. The van der Waals surface area contributed by atoms with Crippen LogP contribution in [0, 0.1) is 0 Å². The van der Waals surface area contributed by atoms with Crippen LogP contribution < -0.4 is 5.73 Å². The van der Waals surface area contributed by atoms with Crippen molar-refractivity contribution in [1.82, 2.24) is 9.78 Å². The minimum Gasteiger partial charge on any atom is -0.396 e. The molecular formula is C11H9Cl2N3O. The average molecular weight is 270 g/mol. The van der Waals surface area contributed by atoms with Crippen LogP contribution in [0.2, 0.25) is 10.0 Å². The lowest BCUT2D eigenvalue weighted by Gasteiger charge is -2.06. The van der Waals surface area contributed by atoms with E-state index in [2.05, 4.69) is 5.10 Å². The molecular weight excluding hydrogens is 261 g/mol. The Morgan fingerprint density at radius 1 is 1.35 bits per heavy atom. The van der Waals surface area contributed by atoms with E-state index in [1.165, 1.54) is 16.8 Å². The summed E-state index contributed by atoms with van der Waals surface area (Å²) in [6, 6.07) is 4.62. The summed E-state index contributed by atoms with van der Waals surface area (Å²) < 4.78 is 1.49. The van der Waals surface area contributed by atoms with Crippen LogP contribution in [0.5, 0.6) is 0 Å². The molecule has 0 fully saturated rings. The third-order valence-corrected chi connectivity index (χ3v) is 3.02. The summed E-state index contributed by atoms with van der Waals surface area (Å²) in [7, 11) is 1.69. The van der Waals surface area contributed by atoms with Gasteiger partial charge in [-0.15, -0.1) is 0 Å². The van der Waals surface area contributed by atoms with E-state index in [1.54, 1.807) is 19.3 Å². The molecule has 0 atom stereocenters. The van der Waals surface area contributed by atoms with E-state index < -0.39 is 0 Å². The molecule has 1 heterocycles. The van der Waals surface area contributed by atoms with Gasteiger partial charge < -0.3 is 5.73 Å². The van der Waals surface area contributed by atoms with E-state index in [4.69, 9.17) is 28.9 Å². The first kappa shape index (κ1) is 12.0. The molecule has 0 unspecified atom stereocenters. The highest BCUT2D eigenvalue weighted by molar-refractivity contribution is 6.39. The normalized spacial score (nSPS) is 10.5. The molecule has 2 N–H and O–H groups in total. The number of rotatable bonds is 2. The summed E-state index contributed by atoms with van der Waals surface area (Å²) in [6.07, 6.45) is 1.55. The molecule has 1 aromatic carbocycles. The highest BCUT2D eigenvalue weighted by atomic mass is 35.5. The monoisotopic (exact) mass is 269 g/mol. The van der Waals surface area contributed by atoms with E-state index in [-0.39, 0.29) is 21.5 Å². The van der Waals surface area contributed by atoms with Crippen molar-refractivity contribution in [2.75, 3.05) is 5.73 Å². The predicted octanol–water partition coefficient (Wildman–Crippen LogP) is 2.54. The molecule has 0 saturated carbocycles. The Balaban J connectivity index is 2.49. The van der Waals surface area contributed by atoms with Crippen molar-refractivity contribution in [1.29, 1.82) is 0 Å². The number of benzene rings is 1. The molecule has 0 bridgehead atoms. The molecule has 0 radical (unpaired) electrons. The lowest BCUT2D eigenvalue weighted by atomic mass is 10.1. The summed E-state index contributed by atoms with van der Waals surface area (Å²) in [5, 5.41) is 4.46. The van der Waals surface area contributed by atoms with Crippen LogP contribution in [0.25, 0.3) is 0 Å². The Kier molecular flexibility index (Phi) is 3.09. The van der Waals surface area contributed by atoms with Crippen LogP contribution >= 0.6 is 23.2 Å². The summed E-state index contributed by atoms with van der Waals surface area (Å²) >= 11 is 11.8. The smallest absolute Gasteiger partial charge is 0.211 e. The highest BCUT2D eigenvalue weighted by Crippen LogP contribution is 2.29. The van der Waals surface area contributed by atoms with E-state index in [1.807, 2.05) is 0 Å². The fraction of sp³-hybridized carbons (Fsp3) is 0.0909. The van der Waals surface area contributed by atoms with Gasteiger partial charge in [0.25, 0.3) is 0 Å². The summed E-state index contributed by atoms with van der Waals surface area (Å²) in [6.45, 7) is 0. The molecule has 1 aromatic heterocycles. The zero-order chi connectivity index (χ0) is 12.6. The molecule has 4 nitrogen and oxygen atoms in total. The van der Waals surface area contributed by atoms with Gasteiger partial charge in [0.05, 0.1) is 15.7 Å². The fourth-order valence-electron chi connectivity index (χ4n) is 1.46. The van der Waals surface area contributed by atoms with Gasteiger partial charge in [0.1, 0.15) is 5.69 Å². The Bertz CT molecular complexity index is 569. The average Bonchev–Trinajstić information content (AvgIpc) is 2.70. The number of carbonyl (C=O) groups excluding carboxylic acids is 1. The zero-order valence-corrected chi connectivity index (χ0v) is 10.5. The third-order valence-electron chi connectivity index (χ3n) is 2.39. The summed E-state index contributed by atoms with van der Waals surface area (Å²) in [5.74, 6) is -0.200. The number of ketones is 1. The molecule has 17 heavy (non-hydrogen) atoms. The number of aromatic nitrogens is 2. The number of carbonyl (C=O) groups is 1. The minimum absolute atomic E-state index is 0.200. The first-order valence-corrected chi connectivity index (χ1v) is 5.53. The molecule has 0 amide bonds. The van der Waals surface area contributed by atoms with Crippen LogP contribution in [0.3, 0.4) is 0 Å². The standard InChI is InChI=1S/C11H9Cl2N3O/c1-16-9(2-3-15-16)11(17)6-4-7(12)10(14)8(13)5-6/h2-5H,14H2,1H3. The number of hydrogen-bond acceptors (Lipinski definition) is 3. The number of hydrogen-bond donors (Lipinski definition) is 1. The highest BCUT2D eigenvalue weighted by Gasteiger charge is 2.15. The number of nitrogen functional groups attached to an aromatic ring is 1. The van der Waals surface area contributed by atoms with Crippen LogP contribution in [-0.4, -0.2) is 15.6 Å². The summed E-state index contributed by atoms with van der Waals surface area (Å²) in [4.78, 5) is 12.1. The van der Waals surface area contributed by atoms with Crippen molar-refractivity contribution in [3.05, 3.63) is 45.7 Å². The van der Waals surface area contributed by atoms with Gasteiger partial charge in [-0.1, -0.05) is 23.2 Å². The van der Waals surface area contributed by atoms with Crippen molar-refractivity contribution in [2.45, 2.75) is 0 Å². The molecule has 0 saturated heterocycles. The Hall–Kier alpha value is -1.52. The van der Waals surface area contributed by atoms with E-state index in [0.717, 1.165) is 0 Å². The lowest BCUT2D eigenvalue weighted by molar-refractivity contribution is 0.103. The van der Waals surface area contributed by atoms with Crippen molar-refractivity contribution < 1.29 is 4.79 Å². The van der Waals surface area contributed by atoms with E-state index >= 15 is 0 Å². The van der Waals surface area contributed by atoms with Gasteiger partial charge in [0, 0.05) is 18.8 Å². The quantitative estimate of drug-likeness (QED) is 0.673. The van der Waals surface area contributed by atoms with Crippen LogP contribution in [0.4, 0.5) is 5.69 Å². The molecule has 2 aromatic rings. The molecule has 0 aliphatic rings. The fourth-order valence-corrected chi connectivity index (χ4v) is 1.95. The van der Waals surface area contributed by atoms with Crippen molar-refractivity contribution in [3.63, 3.8) is 0 Å². The molecule has 0 aliphatic carbocycles. The molecule has 2 rings (SSSR count). The number of halogens is 2. The van der Waals surface area contributed by atoms with E-state index in [9.17, 15) is 4.79 Å². The topological polar surface area (TPSA) is 60.9 Å². The maximum Gasteiger partial charge on any atom is 0.211 e. The Morgan fingerprint density at radius 3 is 2.41 bits per heavy atom. The lowest BCUT2D eigenvalue weighted by Crippen LogP contribution is -2.08. The maximum absolute atomic E-state index is 12.1. The van der Waals surface area contributed by atoms with Gasteiger partial charge >= 0.3 is 0 Å². The molecule has 88 valence electrons. The van der Waals surface area contributed by atoms with Gasteiger partial charge in [-0.2, -0.15) is 5.10 Å². The maximum atomic E-state index is 12.1. The van der Waals surface area contributed by atoms with Gasteiger partial charge in [0.2, 0.25) is 5.78 Å². The number of nitrogens with zero attached hydrogens (tertiary/aromatic N) is 2. The predicted molar refractivity (Wildman–Crippen MR) is 67.5 cm³/mol. The molecule has 0 aliphatic heterocycles. The van der Waals surface area contributed by atoms with Gasteiger partial charge in [-0.05, 0) is 18.2 Å². The van der Waals surface area contributed by atoms with Crippen LogP contribution in [0.1, 0.15) is 16.1 Å². The molecule has 0 spiro atoms. The Labute approximate surface area is 108 Å². The number of anilines is 1. The second-order valence-electron chi connectivity index (χ2n) is 3.52. The van der Waals surface area contributed by atoms with Gasteiger partial charge in [-0.25, -0.2) is 0 Å². The second kappa shape index (κ2) is 4.39. The summed E-state index contributed by atoms with van der Waals surface area (Å²) in [5.41, 5.74) is 6.73. The van der Waals surface area contributed by atoms with E-state index in [0.29, 0.717) is 11.3 Å². The number of aryl methyl sites for hydroxylation is 1. The van der Waals surface area contributed by atoms with Crippen molar-refractivity contribution in [2.24, 2.45) is 7.05 Å². The SMILES string of the molecule is Cn1nccc1C(=O)c1cc(Cl)c(N)c(Cl)c1. The van der Waals surface area contributed by atoms with Gasteiger partial charge in [0.15, 0.2) is 0 Å². The third kappa shape index (κ3) is 2.14. The first-order valence-electron chi connectivity index (χ1n) is 4.78. The van der Waals surface area contributed by atoms with Crippen molar-refractivity contribution in [3.8, 4) is 0 Å². The second-order valence-corrected chi connectivity index (χ2v) is 4.34. The van der Waals surface area contributed by atoms with Crippen LogP contribution in [-0.2, 0) is 7.05 Å². The van der Waals surface area contributed by atoms with Crippen molar-refractivity contribution >= 4 is 34.7 Å². The van der Waals surface area contributed by atoms with Gasteiger partial charge in [-0.3, -0.25) is 9.48 Å². The van der Waals surface area contributed by atoms with Crippen LogP contribution in [0.15, 0.2) is 24.4 Å². The zero-order valence-electron chi connectivity index (χ0n) is 8.95. The Morgan fingerprint density at radius 2 is 1.94 bits per heavy atom.